The molecule has 3 aromatic carbocycles. The van der Waals surface area contributed by atoms with E-state index in [1.807, 2.05) is 32.9 Å². The third-order valence-corrected chi connectivity index (χ3v) is 8.28. The Morgan fingerprint density at radius 2 is 1.51 bits per heavy atom. The van der Waals surface area contributed by atoms with Crippen molar-refractivity contribution in [3.63, 3.8) is 0 Å². The van der Waals surface area contributed by atoms with Crippen molar-refractivity contribution in [3.05, 3.63) is 84.4 Å². The van der Waals surface area contributed by atoms with Crippen LogP contribution in [-0.4, -0.2) is 58.0 Å². The van der Waals surface area contributed by atoms with Crippen molar-refractivity contribution < 1.29 is 27.5 Å². The molecule has 0 radical (unpaired) electrons. The first-order valence-corrected chi connectivity index (χ1v) is 15.2. The average Bonchev–Trinajstić information content (AvgIpc) is 2.99. The average molecular weight is 582 g/mol. The van der Waals surface area contributed by atoms with Crippen LogP contribution in [0, 0.1) is 0 Å². The molecule has 0 aliphatic heterocycles. The fourth-order valence-electron chi connectivity index (χ4n) is 4.34. The molecule has 220 valence electrons. The van der Waals surface area contributed by atoms with Gasteiger partial charge in [-0.3, -0.25) is 13.9 Å². The van der Waals surface area contributed by atoms with E-state index in [2.05, 4.69) is 5.32 Å². The molecule has 1 atom stereocenters. The van der Waals surface area contributed by atoms with Gasteiger partial charge >= 0.3 is 0 Å². The summed E-state index contributed by atoms with van der Waals surface area (Å²) in [5, 5.41) is 2.88. The molecule has 1 N–H and O–H groups in total. The van der Waals surface area contributed by atoms with Gasteiger partial charge in [0, 0.05) is 13.1 Å². The van der Waals surface area contributed by atoms with E-state index in [4.69, 9.17) is 9.47 Å². The summed E-state index contributed by atoms with van der Waals surface area (Å²) in [6.45, 7) is 6.17. The number of rotatable bonds is 15. The van der Waals surface area contributed by atoms with Gasteiger partial charge in [-0.1, -0.05) is 44.2 Å². The summed E-state index contributed by atoms with van der Waals surface area (Å²) >= 11 is 0. The maximum atomic E-state index is 14.0. The van der Waals surface area contributed by atoms with Crippen LogP contribution in [0.1, 0.15) is 39.2 Å². The second-order valence-electron chi connectivity index (χ2n) is 9.34. The van der Waals surface area contributed by atoms with Gasteiger partial charge in [-0.05, 0) is 73.9 Å². The lowest BCUT2D eigenvalue weighted by Crippen LogP contribution is -2.52. The standard InChI is InChI=1S/C31H39N3O6S/c1-5-21-32-31(36)29(6-2)33(22-24-13-15-26(39-4)16-14-24)30(35)23-34(25-11-9-8-10-12-25)41(37,38)28-19-17-27(18-20-28)40-7-3/h8-20,29H,5-7,21-23H2,1-4H3,(H,32,36)/t29-/m1/s1. The number of ether oxygens (including phenoxy) is 2. The summed E-state index contributed by atoms with van der Waals surface area (Å²) in [6, 6.07) is 21.0. The largest absolute Gasteiger partial charge is 0.497 e. The summed E-state index contributed by atoms with van der Waals surface area (Å²) in [6.07, 6.45) is 1.10. The number of nitrogens with one attached hydrogen (secondary N) is 1. The van der Waals surface area contributed by atoms with E-state index in [0.717, 1.165) is 16.3 Å². The van der Waals surface area contributed by atoms with E-state index < -0.39 is 28.5 Å². The van der Waals surface area contributed by atoms with Gasteiger partial charge in [0.15, 0.2) is 0 Å². The molecule has 3 aromatic rings. The number of sulfonamides is 1. The summed E-state index contributed by atoms with van der Waals surface area (Å²) in [5.74, 6) is 0.425. The van der Waals surface area contributed by atoms with E-state index in [1.165, 1.54) is 17.0 Å². The quantitative estimate of drug-likeness (QED) is 0.281. The van der Waals surface area contributed by atoms with Gasteiger partial charge in [0.25, 0.3) is 10.0 Å². The van der Waals surface area contributed by atoms with Crippen molar-refractivity contribution >= 4 is 27.5 Å². The molecule has 41 heavy (non-hydrogen) atoms. The molecular weight excluding hydrogens is 542 g/mol. The molecule has 9 nitrogen and oxygen atoms in total. The Morgan fingerprint density at radius 3 is 2.07 bits per heavy atom. The van der Waals surface area contributed by atoms with Gasteiger partial charge in [-0.25, -0.2) is 8.42 Å². The minimum Gasteiger partial charge on any atom is -0.497 e. The summed E-state index contributed by atoms with van der Waals surface area (Å²) in [7, 11) is -2.58. The predicted molar refractivity (Wildman–Crippen MR) is 160 cm³/mol. The smallest absolute Gasteiger partial charge is 0.264 e. The minimum atomic E-state index is -4.15. The van der Waals surface area contributed by atoms with E-state index in [0.29, 0.717) is 36.8 Å². The van der Waals surface area contributed by atoms with Crippen LogP contribution < -0.4 is 19.1 Å². The normalized spacial score (nSPS) is 11.8. The highest BCUT2D eigenvalue weighted by molar-refractivity contribution is 7.92. The molecule has 2 amide bonds. The van der Waals surface area contributed by atoms with Crippen LogP contribution in [0.5, 0.6) is 11.5 Å². The molecule has 0 aliphatic rings. The SMILES string of the molecule is CCCNC(=O)[C@@H](CC)N(Cc1ccc(OC)cc1)C(=O)CN(c1ccccc1)S(=O)(=O)c1ccc(OCC)cc1. The Morgan fingerprint density at radius 1 is 0.878 bits per heavy atom. The molecule has 3 rings (SSSR count). The molecule has 0 saturated heterocycles. The van der Waals surface area contributed by atoms with Crippen molar-refractivity contribution in [2.45, 2.75) is 51.1 Å². The fourth-order valence-corrected chi connectivity index (χ4v) is 5.75. The van der Waals surface area contributed by atoms with Gasteiger partial charge in [0.05, 0.1) is 24.3 Å². The van der Waals surface area contributed by atoms with Crippen molar-refractivity contribution in [3.8, 4) is 11.5 Å². The second kappa shape index (κ2) is 15.1. The molecular formula is C31H39N3O6S. The molecule has 0 aromatic heterocycles. The van der Waals surface area contributed by atoms with Gasteiger partial charge < -0.3 is 19.7 Å². The molecule has 0 fully saturated rings. The highest BCUT2D eigenvalue weighted by Gasteiger charge is 2.33. The Bertz CT molecular complexity index is 1360. The number of amides is 2. The van der Waals surface area contributed by atoms with Crippen LogP contribution in [0.2, 0.25) is 0 Å². The number of nitrogens with zero attached hydrogens (tertiary/aromatic N) is 2. The zero-order chi connectivity index (χ0) is 29.8. The van der Waals surface area contributed by atoms with Crippen LogP contribution >= 0.6 is 0 Å². The van der Waals surface area contributed by atoms with Crippen molar-refractivity contribution in [1.82, 2.24) is 10.2 Å². The van der Waals surface area contributed by atoms with Gasteiger partial charge in [0.2, 0.25) is 11.8 Å². The maximum Gasteiger partial charge on any atom is 0.264 e. The Hall–Kier alpha value is -4.05. The monoisotopic (exact) mass is 581 g/mol. The number of anilines is 1. The first-order chi connectivity index (χ1) is 19.7. The van der Waals surface area contributed by atoms with Crippen molar-refractivity contribution in [2.75, 3.05) is 31.1 Å². The van der Waals surface area contributed by atoms with E-state index in [9.17, 15) is 18.0 Å². The summed E-state index contributed by atoms with van der Waals surface area (Å²) in [4.78, 5) is 28.7. The number of hydrogen-bond acceptors (Lipinski definition) is 6. The number of carbonyl (C=O) groups excluding carboxylic acids is 2. The topological polar surface area (TPSA) is 105 Å². The zero-order valence-electron chi connectivity index (χ0n) is 24.1. The molecule has 0 saturated carbocycles. The number of benzene rings is 3. The first-order valence-electron chi connectivity index (χ1n) is 13.8. The minimum absolute atomic E-state index is 0.0204. The third-order valence-electron chi connectivity index (χ3n) is 6.49. The Balaban J connectivity index is 2.01. The van der Waals surface area contributed by atoms with Crippen LogP contribution in [0.25, 0.3) is 0 Å². The lowest BCUT2D eigenvalue weighted by atomic mass is 10.1. The van der Waals surface area contributed by atoms with E-state index in [1.54, 1.807) is 61.7 Å². The lowest BCUT2D eigenvalue weighted by Gasteiger charge is -2.33. The number of methoxy groups -OCH3 is 1. The molecule has 0 aliphatic carbocycles. The van der Waals surface area contributed by atoms with Gasteiger partial charge in [0.1, 0.15) is 24.1 Å². The van der Waals surface area contributed by atoms with Crippen molar-refractivity contribution in [1.29, 1.82) is 0 Å². The van der Waals surface area contributed by atoms with Crippen LogP contribution in [0.3, 0.4) is 0 Å². The molecule has 0 unspecified atom stereocenters. The van der Waals surface area contributed by atoms with Crippen LogP contribution in [0.15, 0.2) is 83.8 Å². The lowest BCUT2D eigenvalue weighted by molar-refractivity contribution is -0.140. The van der Waals surface area contributed by atoms with Crippen molar-refractivity contribution in [2.24, 2.45) is 0 Å². The van der Waals surface area contributed by atoms with E-state index >= 15 is 0 Å². The highest BCUT2D eigenvalue weighted by Crippen LogP contribution is 2.26. The van der Waals surface area contributed by atoms with Gasteiger partial charge in [-0.2, -0.15) is 0 Å². The molecule has 0 heterocycles. The van der Waals surface area contributed by atoms with E-state index in [-0.39, 0.29) is 17.3 Å². The molecule has 0 spiro atoms. The second-order valence-corrected chi connectivity index (χ2v) is 11.2. The fraction of sp³-hybridized carbons (Fsp3) is 0.355. The predicted octanol–water partition coefficient (Wildman–Crippen LogP) is 4.62. The first kappa shape index (κ1) is 31.5. The maximum absolute atomic E-state index is 14.0. The summed E-state index contributed by atoms with van der Waals surface area (Å²) in [5.41, 5.74) is 1.11. The highest BCUT2D eigenvalue weighted by atomic mass is 32.2. The molecule has 10 heteroatoms. The number of para-hydroxylation sites is 1. The summed E-state index contributed by atoms with van der Waals surface area (Å²) < 4.78 is 39.6. The third kappa shape index (κ3) is 8.23. The zero-order valence-corrected chi connectivity index (χ0v) is 24.9. The molecule has 0 bridgehead atoms. The Kier molecular flexibility index (Phi) is 11.6. The van der Waals surface area contributed by atoms with Crippen LogP contribution in [0.4, 0.5) is 5.69 Å². The number of carbonyl (C=O) groups is 2. The van der Waals surface area contributed by atoms with Crippen LogP contribution in [-0.2, 0) is 26.2 Å². The Labute approximate surface area is 243 Å². The van der Waals surface area contributed by atoms with Gasteiger partial charge in [-0.15, -0.1) is 0 Å². The number of hydrogen-bond donors (Lipinski definition) is 1.